The molecular formula is C18H25FO2. The first kappa shape index (κ1) is 19.2. The number of hydrogen-bond donors (Lipinski definition) is 0. The van der Waals surface area contributed by atoms with Crippen LogP contribution in [0, 0.1) is 24.2 Å². The van der Waals surface area contributed by atoms with Crippen LogP contribution in [0.5, 0.6) is 0 Å². The highest BCUT2D eigenvalue weighted by Gasteiger charge is 2.11. The largest absolute Gasteiger partial charge is 0.468 e. The van der Waals surface area contributed by atoms with Crippen molar-refractivity contribution in [2.75, 3.05) is 13.9 Å². The molecule has 0 spiro atoms. The van der Waals surface area contributed by atoms with E-state index in [9.17, 15) is 4.39 Å². The Morgan fingerprint density at radius 3 is 2.43 bits per heavy atom. The fraction of sp³-hybridized carbons (Fsp3) is 0.444. The Morgan fingerprint density at radius 1 is 1.29 bits per heavy atom. The van der Waals surface area contributed by atoms with E-state index < -0.39 is 5.83 Å². The zero-order chi connectivity index (χ0) is 16.3. The molecule has 0 N–H and O–H groups in total. The van der Waals surface area contributed by atoms with Crippen LogP contribution in [0.1, 0.15) is 27.7 Å². The van der Waals surface area contributed by atoms with E-state index in [2.05, 4.69) is 26.7 Å². The second-order valence-corrected chi connectivity index (χ2v) is 4.95. The van der Waals surface area contributed by atoms with Gasteiger partial charge in [-0.15, -0.1) is 6.42 Å². The third-order valence-corrected chi connectivity index (χ3v) is 3.12. The molecule has 0 aliphatic heterocycles. The minimum atomic E-state index is -0.445. The second-order valence-electron chi connectivity index (χ2n) is 4.95. The Hall–Kier alpha value is -1.79. The minimum Gasteiger partial charge on any atom is -0.468 e. The van der Waals surface area contributed by atoms with Gasteiger partial charge in [0.1, 0.15) is 11.6 Å². The van der Waals surface area contributed by atoms with E-state index in [1.54, 1.807) is 13.2 Å². The molecule has 0 aromatic carbocycles. The normalized spacial score (nSPS) is 15.4. The van der Waals surface area contributed by atoms with E-state index in [4.69, 9.17) is 15.9 Å². The predicted octanol–water partition coefficient (Wildman–Crippen LogP) is 4.77. The van der Waals surface area contributed by atoms with Crippen LogP contribution in [-0.4, -0.2) is 13.9 Å². The first-order valence-corrected chi connectivity index (χ1v) is 6.95. The molecule has 2 nitrogen and oxygen atoms in total. The van der Waals surface area contributed by atoms with Crippen molar-refractivity contribution in [3.8, 4) is 12.3 Å². The average Bonchev–Trinajstić information content (AvgIpc) is 2.46. The van der Waals surface area contributed by atoms with E-state index in [-0.39, 0.29) is 12.7 Å². The van der Waals surface area contributed by atoms with Gasteiger partial charge in [0.15, 0.2) is 6.79 Å². The fourth-order valence-corrected chi connectivity index (χ4v) is 1.52. The summed E-state index contributed by atoms with van der Waals surface area (Å²) < 4.78 is 23.7. The molecule has 0 rings (SSSR count). The van der Waals surface area contributed by atoms with E-state index in [0.29, 0.717) is 11.7 Å². The SMILES string of the molecule is C#C/C=C(F)/C=C\C(=C\C(=C/C)OCOC)C(C)C(C)C. The summed E-state index contributed by atoms with van der Waals surface area (Å²) in [5.74, 6) is 3.07. The third-order valence-electron chi connectivity index (χ3n) is 3.12. The van der Waals surface area contributed by atoms with Crippen LogP contribution in [0.3, 0.4) is 0 Å². The predicted molar refractivity (Wildman–Crippen MR) is 86.0 cm³/mol. The van der Waals surface area contributed by atoms with Crippen molar-refractivity contribution < 1.29 is 13.9 Å². The minimum absolute atomic E-state index is 0.175. The molecule has 1 unspecified atom stereocenters. The summed E-state index contributed by atoms with van der Waals surface area (Å²) >= 11 is 0. The molecule has 0 bridgehead atoms. The summed E-state index contributed by atoms with van der Waals surface area (Å²) in [5, 5.41) is 0. The van der Waals surface area contributed by atoms with E-state index >= 15 is 0 Å². The first-order valence-electron chi connectivity index (χ1n) is 6.95. The number of hydrogen-bond acceptors (Lipinski definition) is 2. The topological polar surface area (TPSA) is 18.5 Å². The van der Waals surface area contributed by atoms with Crippen LogP contribution in [0.25, 0.3) is 0 Å². The molecule has 0 aliphatic rings. The Labute approximate surface area is 128 Å². The standard InChI is InChI=1S/C18H25FO2/c1-7-9-17(19)11-10-16(15(5)14(3)4)12-18(8-2)21-13-20-6/h1,8-12,14-15H,13H2,2-6H3/b11-10-,16-12-,17-9-,18-8+. The summed E-state index contributed by atoms with van der Waals surface area (Å²) in [6, 6.07) is 0. The van der Waals surface area contributed by atoms with E-state index in [1.807, 2.05) is 19.1 Å². The number of rotatable bonds is 8. The van der Waals surface area contributed by atoms with Crippen molar-refractivity contribution in [3.63, 3.8) is 0 Å². The van der Waals surface area contributed by atoms with Gasteiger partial charge in [-0.2, -0.15) is 0 Å². The van der Waals surface area contributed by atoms with E-state index in [0.717, 1.165) is 11.6 Å². The molecule has 0 heterocycles. The van der Waals surface area contributed by atoms with Crippen LogP contribution in [0.2, 0.25) is 0 Å². The van der Waals surface area contributed by atoms with Gasteiger partial charge in [0, 0.05) is 13.2 Å². The Morgan fingerprint density at radius 2 is 1.95 bits per heavy atom. The van der Waals surface area contributed by atoms with Crippen molar-refractivity contribution >= 4 is 0 Å². The van der Waals surface area contributed by atoms with Crippen molar-refractivity contribution in [1.82, 2.24) is 0 Å². The first-order chi connectivity index (χ1) is 9.96. The number of methoxy groups -OCH3 is 1. The molecule has 0 aliphatic carbocycles. The molecule has 3 heteroatoms. The van der Waals surface area contributed by atoms with Gasteiger partial charge < -0.3 is 9.47 Å². The maximum atomic E-state index is 13.4. The van der Waals surface area contributed by atoms with Crippen LogP contribution in [0.4, 0.5) is 4.39 Å². The Kier molecular flexibility index (Phi) is 10.0. The van der Waals surface area contributed by atoms with Crippen molar-refractivity contribution in [2.24, 2.45) is 11.8 Å². The van der Waals surface area contributed by atoms with Gasteiger partial charge in [-0.3, -0.25) is 0 Å². The van der Waals surface area contributed by atoms with Crippen LogP contribution in [-0.2, 0) is 9.47 Å². The van der Waals surface area contributed by atoms with Gasteiger partial charge in [0.2, 0.25) is 0 Å². The second kappa shape index (κ2) is 10.9. The molecule has 0 fully saturated rings. The smallest absolute Gasteiger partial charge is 0.188 e. The van der Waals surface area contributed by atoms with Crippen LogP contribution < -0.4 is 0 Å². The van der Waals surface area contributed by atoms with Crippen molar-refractivity contribution in [2.45, 2.75) is 27.7 Å². The third kappa shape index (κ3) is 8.16. The molecule has 0 aromatic heterocycles. The molecular weight excluding hydrogens is 267 g/mol. The number of ether oxygens (including phenoxy) is 2. The molecule has 0 radical (unpaired) electrons. The highest BCUT2D eigenvalue weighted by atomic mass is 19.1. The van der Waals surface area contributed by atoms with Gasteiger partial charge in [0.25, 0.3) is 0 Å². The number of halogens is 1. The fourth-order valence-electron chi connectivity index (χ4n) is 1.52. The highest BCUT2D eigenvalue weighted by Crippen LogP contribution is 2.23. The average molecular weight is 292 g/mol. The van der Waals surface area contributed by atoms with Crippen LogP contribution >= 0.6 is 0 Å². The molecule has 0 saturated carbocycles. The molecule has 21 heavy (non-hydrogen) atoms. The molecule has 1 atom stereocenters. The lowest BCUT2D eigenvalue weighted by atomic mass is 9.89. The lowest BCUT2D eigenvalue weighted by Gasteiger charge is -2.18. The van der Waals surface area contributed by atoms with Gasteiger partial charge in [-0.1, -0.05) is 32.8 Å². The van der Waals surface area contributed by atoms with Gasteiger partial charge in [0.05, 0.1) is 0 Å². The summed E-state index contributed by atoms with van der Waals surface area (Å²) in [4.78, 5) is 0. The van der Waals surface area contributed by atoms with Gasteiger partial charge in [-0.05, 0) is 42.6 Å². The lowest BCUT2D eigenvalue weighted by molar-refractivity contribution is 0.00978. The number of allylic oxidation sites excluding steroid dienone is 7. The Bertz CT molecular complexity index is 462. The summed E-state index contributed by atoms with van der Waals surface area (Å²) in [6.45, 7) is 8.38. The van der Waals surface area contributed by atoms with Gasteiger partial charge in [-0.25, -0.2) is 4.39 Å². The molecule has 0 amide bonds. The maximum Gasteiger partial charge on any atom is 0.188 e. The summed E-state index contributed by atoms with van der Waals surface area (Å²) in [5.41, 5.74) is 0.967. The number of terminal acetylenes is 1. The molecule has 116 valence electrons. The monoisotopic (exact) mass is 292 g/mol. The summed E-state index contributed by atoms with van der Waals surface area (Å²) in [7, 11) is 1.56. The van der Waals surface area contributed by atoms with Crippen molar-refractivity contribution in [3.05, 3.63) is 47.5 Å². The quantitative estimate of drug-likeness (QED) is 0.278. The highest BCUT2D eigenvalue weighted by molar-refractivity contribution is 5.33. The lowest BCUT2D eigenvalue weighted by Crippen LogP contribution is -2.07. The zero-order valence-corrected chi connectivity index (χ0v) is 13.5. The molecule has 0 aromatic rings. The van der Waals surface area contributed by atoms with Gasteiger partial charge >= 0.3 is 0 Å². The van der Waals surface area contributed by atoms with Crippen molar-refractivity contribution in [1.29, 1.82) is 0 Å². The summed E-state index contributed by atoms with van der Waals surface area (Å²) in [6.07, 6.45) is 13.0. The maximum absolute atomic E-state index is 13.4. The van der Waals surface area contributed by atoms with E-state index in [1.165, 1.54) is 6.08 Å². The Balaban J connectivity index is 5.32. The molecule has 0 saturated heterocycles. The van der Waals surface area contributed by atoms with Crippen LogP contribution in [0.15, 0.2) is 47.5 Å². The zero-order valence-electron chi connectivity index (χ0n) is 13.5.